The van der Waals surface area contributed by atoms with Crippen molar-refractivity contribution in [3.63, 3.8) is 0 Å². The van der Waals surface area contributed by atoms with Crippen LogP contribution in [0.25, 0.3) is 0 Å². The van der Waals surface area contributed by atoms with Crippen LogP contribution in [0.15, 0.2) is 0 Å². The average Bonchev–Trinajstić information content (AvgIpc) is 2.74. The van der Waals surface area contributed by atoms with Crippen molar-refractivity contribution < 1.29 is 5.11 Å². The molecule has 29 heavy (non-hydrogen) atoms. The molecule has 0 bridgehead atoms. The van der Waals surface area contributed by atoms with E-state index in [1.54, 1.807) is 0 Å². The van der Waals surface area contributed by atoms with Crippen LogP contribution in [0.1, 0.15) is 155 Å². The second kappa shape index (κ2) is 26.0. The highest BCUT2D eigenvalue weighted by Crippen LogP contribution is 2.15. The van der Waals surface area contributed by atoms with E-state index in [-0.39, 0.29) is 6.61 Å². The standard InChI is InChI=1S/C27H57NO/c1-3-5-6-7-8-9-10-11-12-13-14-15-16-17-18-19-20-21-22-23-24-27(4-2)28-25-26-29/h27-29H,3-26H2,1-2H3. The van der Waals surface area contributed by atoms with Crippen LogP contribution < -0.4 is 5.32 Å². The number of rotatable bonds is 25. The predicted molar refractivity (Wildman–Crippen MR) is 132 cm³/mol. The number of unbranched alkanes of at least 4 members (excludes halogenated alkanes) is 19. The summed E-state index contributed by atoms with van der Waals surface area (Å²) in [5, 5.41) is 12.3. The fraction of sp³-hybridized carbons (Fsp3) is 1.00. The highest BCUT2D eigenvalue weighted by molar-refractivity contribution is 4.64. The van der Waals surface area contributed by atoms with Gasteiger partial charge in [0.1, 0.15) is 0 Å². The maximum atomic E-state index is 8.89. The molecule has 2 heteroatoms. The Morgan fingerprint density at radius 1 is 0.517 bits per heavy atom. The zero-order chi connectivity index (χ0) is 21.3. The molecule has 1 atom stereocenters. The minimum absolute atomic E-state index is 0.260. The van der Waals surface area contributed by atoms with Crippen LogP contribution >= 0.6 is 0 Å². The summed E-state index contributed by atoms with van der Waals surface area (Å²) in [5.74, 6) is 0. The molecular formula is C27H57NO. The molecule has 0 fully saturated rings. The number of nitrogens with one attached hydrogen (secondary N) is 1. The molecule has 0 heterocycles. The maximum Gasteiger partial charge on any atom is 0.0556 e. The lowest BCUT2D eigenvalue weighted by Gasteiger charge is -2.15. The van der Waals surface area contributed by atoms with Crippen molar-refractivity contribution in [3.8, 4) is 0 Å². The Labute approximate surface area is 185 Å². The fourth-order valence-electron chi connectivity index (χ4n) is 4.37. The summed E-state index contributed by atoms with van der Waals surface area (Å²) >= 11 is 0. The molecule has 0 aliphatic heterocycles. The van der Waals surface area contributed by atoms with E-state index in [9.17, 15) is 0 Å². The summed E-state index contributed by atoms with van der Waals surface area (Å²) < 4.78 is 0. The van der Waals surface area contributed by atoms with Gasteiger partial charge >= 0.3 is 0 Å². The molecular weight excluding hydrogens is 354 g/mol. The smallest absolute Gasteiger partial charge is 0.0556 e. The van der Waals surface area contributed by atoms with Gasteiger partial charge < -0.3 is 10.4 Å². The van der Waals surface area contributed by atoms with Crippen molar-refractivity contribution in [2.45, 2.75) is 161 Å². The molecule has 0 radical (unpaired) electrons. The highest BCUT2D eigenvalue weighted by atomic mass is 16.3. The van der Waals surface area contributed by atoms with E-state index in [0.29, 0.717) is 6.04 Å². The van der Waals surface area contributed by atoms with Crippen molar-refractivity contribution in [2.24, 2.45) is 0 Å². The van der Waals surface area contributed by atoms with Crippen molar-refractivity contribution in [1.29, 1.82) is 0 Å². The van der Waals surface area contributed by atoms with Gasteiger partial charge in [-0.3, -0.25) is 0 Å². The van der Waals surface area contributed by atoms with Gasteiger partial charge in [0.25, 0.3) is 0 Å². The zero-order valence-corrected chi connectivity index (χ0v) is 20.5. The van der Waals surface area contributed by atoms with E-state index in [1.165, 1.54) is 141 Å². The van der Waals surface area contributed by atoms with Crippen LogP contribution in [0.3, 0.4) is 0 Å². The molecule has 0 aliphatic carbocycles. The molecule has 176 valence electrons. The molecule has 0 aromatic carbocycles. The Morgan fingerprint density at radius 2 is 0.862 bits per heavy atom. The van der Waals surface area contributed by atoms with Crippen LogP contribution in [0.2, 0.25) is 0 Å². The Kier molecular flexibility index (Phi) is 25.9. The third-order valence-corrected chi connectivity index (χ3v) is 6.44. The average molecular weight is 412 g/mol. The summed E-state index contributed by atoms with van der Waals surface area (Å²) in [6, 6.07) is 0.609. The topological polar surface area (TPSA) is 32.3 Å². The summed E-state index contributed by atoms with van der Waals surface area (Å²) in [4.78, 5) is 0. The maximum absolute atomic E-state index is 8.89. The molecule has 0 saturated heterocycles. The largest absolute Gasteiger partial charge is 0.395 e. The van der Waals surface area contributed by atoms with E-state index < -0.39 is 0 Å². The van der Waals surface area contributed by atoms with Gasteiger partial charge in [0.05, 0.1) is 6.61 Å². The number of hydrogen-bond donors (Lipinski definition) is 2. The fourth-order valence-corrected chi connectivity index (χ4v) is 4.37. The van der Waals surface area contributed by atoms with Gasteiger partial charge in [-0.25, -0.2) is 0 Å². The number of hydrogen-bond acceptors (Lipinski definition) is 2. The normalized spacial score (nSPS) is 12.5. The van der Waals surface area contributed by atoms with E-state index in [1.807, 2.05) is 0 Å². The van der Waals surface area contributed by atoms with Gasteiger partial charge in [0, 0.05) is 12.6 Å². The molecule has 0 spiro atoms. The first-order valence-corrected chi connectivity index (χ1v) is 13.7. The van der Waals surface area contributed by atoms with Crippen molar-refractivity contribution >= 4 is 0 Å². The van der Waals surface area contributed by atoms with Crippen LogP contribution in [-0.2, 0) is 0 Å². The van der Waals surface area contributed by atoms with Gasteiger partial charge in [-0.15, -0.1) is 0 Å². The Hall–Kier alpha value is -0.0800. The van der Waals surface area contributed by atoms with Gasteiger partial charge in [-0.1, -0.05) is 142 Å². The lowest BCUT2D eigenvalue weighted by atomic mass is 10.0. The van der Waals surface area contributed by atoms with Crippen molar-refractivity contribution in [2.75, 3.05) is 13.2 Å². The zero-order valence-electron chi connectivity index (χ0n) is 20.5. The molecule has 0 aromatic heterocycles. The summed E-state index contributed by atoms with van der Waals surface area (Å²) in [5.41, 5.74) is 0. The number of aliphatic hydroxyl groups excluding tert-OH is 1. The summed E-state index contributed by atoms with van der Waals surface area (Å²) in [6.45, 7) is 5.55. The Morgan fingerprint density at radius 3 is 1.17 bits per heavy atom. The van der Waals surface area contributed by atoms with Crippen LogP contribution in [0.5, 0.6) is 0 Å². The molecule has 2 nitrogen and oxygen atoms in total. The quantitative estimate of drug-likeness (QED) is 0.147. The van der Waals surface area contributed by atoms with Gasteiger partial charge in [-0.2, -0.15) is 0 Å². The molecule has 0 aromatic rings. The lowest BCUT2D eigenvalue weighted by molar-refractivity contribution is 0.279. The lowest BCUT2D eigenvalue weighted by Crippen LogP contribution is -2.30. The van der Waals surface area contributed by atoms with E-state index in [2.05, 4.69) is 19.2 Å². The van der Waals surface area contributed by atoms with Gasteiger partial charge in [0.15, 0.2) is 0 Å². The van der Waals surface area contributed by atoms with Crippen LogP contribution in [-0.4, -0.2) is 24.3 Å². The van der Waals surface area contributed by atoms with Crippen molar-refractivity contribution in [3.05, 3.63) is 0 Å². The molecule has 0 saturated carbocycles. The van der Waals surface area contributed by atoms with Crippen molar-refractivity contribution in [1.82, 2.24) is 5.32 Å². The van der Waals surface area contributed by atoms with Gasteiger partial charge in [0.2, 0.25) is 0 Å². The Balaban J connectivity index is 3.10. The van der Waals surface area contributed by atoms with Crippen LogP contribution in [0, 0.1) is 0 Å². The second-order valence-electron chi connectivity index (χ2n) is 9.29. The van der Waals surface area contributed by atoms with E-state index in [0.717, 1.165) is 6.54 Å². The SMILES string of the molecule is CCCCCCCCCCCCCCCCCCCCCCC(CC)NCCO. The predicted octanol–water partition coefficient (Wildman–Crippen LogP) is 8.56. The monoisotopic (exact) mass is 411 g/mol. The van der Waals surface area contributed by atoms with Gasteiger partial charge in [-0.05, 0) is 12.8 Å². The van der Waals surface area contributed by atoms with E-state index in [4.69, 9.17) is 5.11 Å². The highest BCUT2D eigenvalue weighted by Gasteiger charge is 2.04. The first-order valence-electron chi connectivity index (χ1n) is 13.7. The molecule has 2 N–H and O–H groups in total. The Bertz CT molecular complexity index is 282. The minimum atomic E-state index is 0.260. The molecule has 0 aliphatic rings. The summed E-state index contributed by atoms with van der Waals surface area (Å²) in [6.07, 6.45) is 31.4. The first kappa shape index (κ1) is 28.9. The molecule has 0 rings (SSSR count). The third kappa shape index (κ3) is 24.1. The van der Waals surface area contributed by atoms with E-state index >= 15 is 0 Å². The first-order chi connectivity index (χ1) is 14.3. The summed E-state index contributed by atoms with van der Waals surface area (Å²) in [7, 11) is 0. The third-order valence-electron chi connectivity index (χ3n) is 6.44. The minimum Gasteiger partial charge on any atom is -0.395 e. The molecule has 1 unspecified atom stereocenters. The number of aliphatic hydroxyl groups is 1. The second-order valence-corrected chi connectivity index (χ2v) is 9.29. The van der Waals surface area contributed by atoms with Crippen LogP contribution in [0.4, 0.5) is 0 Å². The molecule has 0 amide bonds.